The van der Waals surface area contributed by atoms with E-state index in [1.807, 2.05) is 6.07 Å². The van der Waals surface area contributed by atoms with Gasteiger partial charge >= 0.3 is 0 Å². The van der Waals surface area contributed by atoms with Crippen molar-refractivity contribution in [3.8, 4) is 5.75 Å². The molecule has 2 aliphatic heterocycles. The molecule has 0 bridgehead atoms. The number of benzene rings is 1. The molecule has 3 rings (SSSR count). The molecule has 2 atom stereocenters. The number of rotatable bonds is 6. The maximum atomic E-state index is 9.90. The van der Waals surface area contributed by atoms with Crippen LogP contribution in [0.4, 0.5) is 0 Å². The van der Waals surface area contributed by atoms with E-state index in [1.165, 1.54) is 5.56 Å². The minimum absolute atomic E-state index is 0.0279. The van der Waals surface area contributed by atoms with Crippen molar-refractivity contribution in [3.63, 3.8) is 0 Å². The Morgan fingerprint density at radius 1 is 1.39 bits per heavy atom. The predicted octanol–water partition coefficient (Wildman–Crippen LogP) is 1.67. The summed E-state index contributed by atoms with van der Waals surface area (Å²) in [6, 6.07) is 6.28. The fraction of sp³-hybridized carbons (Fsp3) is 0.667. The Bertz CT molecular complexity index is 536. The lowest BCUT2D eigenvalue weighted by Gasteiger charge is -2.36. The number of nitrogens with zero attached hydrogens (tertiary/aromatic N) is 1. The number of methoxy groups -OCH3 is 2. The molecule has 2 aliphatic rings. The molecule has 0 spiro atoms. The van der Waals surface area contributed by atoms with Gasteiger partial charge < -0.3 is 19.3 Å². The molecule has 2 heterocycles. The summed E-state index contributed by atoms with van der Waals surface area (Å²) >= 11 is 0. The van der Waals surface area contributed by atoms with Crippen LogP contribution in [0.15, 0.2) is 18.2 Å². The second-order valence-corrected chi connectivity index (χ2v) is 6.79. The van der Waals surface area contributed by atoms with E-state index < -0.39 is 0 Å². The smallest absolute Gasteiger partial charge is 0.124 e. The summed E-state index contributed by atoms with van der Waals surface area (Å²) in [6.07, 6.45) is 0.961. The van der Waals surface area contributed by atoms with Gasteiger partial charge in [0.15, 0.2) is 0 Å². The predicted molar refractivity (Wildman–Crippen MR) is 87.4 cm³/mol. The standard InChI is InChI=1S/C18H27NO4/c1-21-10-15-7-14(3-4-17(15)22-2)8-19-9-16-11-23-6-5-18(16,12-19)13-20/h3-4,7,16,20H,5-6,8-13H2,1-2H3/t16-,18-/m1/s1. The molecule has 0 aromatic heterocycles. The number of likely N-dealkylation sites (tertiary alicyclic amines) is 1. The summed E-state index contributed by atoms with van der Waals surface area (Å²) in [6.45, 7) is 5.18. The average molecular weight is 321 g/mol. The topological polar surface area (TPSA) is 51.2 Å². The third-order valence-corrected chi connectivity index (χ3v) is 5.31. The van der Waals surface area contributed by atoms with E-state index in [0.717, 1.165) is 50.6 Å². The van der Waals surface area contributed by atoms with E-state index in [4.69, 9.17) is 14.2 Å². The van der Waals surface area contributed by atoms with Crippen LogP contribution in [0.2, 0.25) is 0 Å². The molecule has 23 heavy (non-hydrogen) atoms. The molecule has 1 aromatic carbocycles. The van der Waals surface area contributed by atoms with Crippen molar-refractivity contribution in [2.75, 3.05) is 47.1 Å². The van der Waals surface area contributed by atoms with Gasteiger partial charge in [0.05, 0.1) is 26.9 Å². The SMILES string of the molecule is COCc1cc(CN2C[C@@H]3COCC[C@]3(CO)C2)ccc1OC. The van der Waals surface area contributed by atoms with Gasteiger partial charge in [0.25, 0.3) is 0 Å². The van der Waals surface area contributed by atoms with Crippen LogP contribution in [0.5, 0.6) is 5.75 Å². The molecule has 0 unspecified atom stereocenters. The highest BCUT2D eigenvalue weighted by molar-refractivity contribution is 5.37. The summed E-state index contributed by atoms with van der Waals surface area (Å²) in [5.74, 6) is 1.31. The summed E-state index contributed by atoms with van der Waals surface area (Å²) in [5, 5.41) is 9.90. The quantitative estimate of drug-likeness (QED) is 0.864. The Morgan fingerprint density at radius 3 is 2.96 bits per heavy atom. The maximum Gasteiger partial charge on any atom is 0.124 e. The Balaban J connectivity index is 1.71. The van der Waals surface area contributed by atoms with Crippen molar-refractivity contribution in [2.45, 2.75) is 19.6 Å². The highest BCUT2D eigenvalue weighted by Crippen LogP contribution is 2.42. The Morgan fingerprint density at radius 2 is 2.26 bits per heavy atom. The molecule has 0 aliphatic carbocycles. The lowest BCUT2D eigenvalue weighted by molar-refractivity contribution is -0.0417. The number of hydrogen-bond acceptors (Lipinski definition) is 5. The summed E-state index contributed by atoms with van der Waals surface area (Å²) in [5.41, 5.74) is 2.36. The van der Waals surface area contributed by atoms with Gasteiger partial charge in [-0.05, 0) is 24.1 Å². The van der Waals surface area contributed by atoms with Gasteiger partial charge in [-0.25, -0.2) is 0 Å². The van der Waals surface area contributed by atoms with Crippen LogP contribution in [0, 0.1) is 11.3 Å². The number of fused-ring (bicyclic) bond motifs is 1. The van der Waals surface area contributed by atoms with Gasteiger partial charge in [0, 0.05) is 50.2 Å². The van der Waals surface area contributed by atoms with E-state index in [-0.39, 0.29) is 12.0 Å². The average Bonchev–Trinajstić information content (AvgIpc) is 2.94. The minimum atomic E-state index is 0.0279. The molecule has 0 saturated carbocycles. The van der Waals surface area contributed by atoms with Crippen LogP contribution >= 0.6 is 0 Å². The van der Waals surface area contributed by atoms with Gasteiger partial charge in [-0.15, -0.1) is 0 Å². The van der Waals surface area contributed by atoms with Gasteiger partial charge in [0.2, 0.25) is 0 Å². The van der Waals surface area contributed by atoms with Crippen molar-refractivity contribution < 1.29 is 19.3 Å². The van der Waals surface area contributed by atoms with Crippen molar-refractivity contribution >= 4 is 0 Å². The van der Waals surface area contributed by atoms with Crippen LogP contribution in [-0.4, -0.2) is 57.1 Å². The molecule has 2 fully saturated rings. The molecule has 128 valence electrons. The normalized spacial score (nSPS) is 27.9. The zero-order valence-corrected chi connectivity index (χ0v) is 14.1. The van der Waals surface area contributed by atoms with Gasteiger partial charge in [-0.2, -0.15) is 0 Å². The first-order valence-electron chi connectivity index (χ1n) is 8.26. The summed E-state index contributed by atoms with van der Waals surface area (Å²) < 4.78 is 16.3. The zero-order valence-electron chi connectivity index (χ0n) is 14.1. The number of aliphatic hydroxyl groups excluding tert-OH is 1. The lowest BCUT2D eigenvalue weighted by atomic mass is 9.75. The first kappa shape index (κ1) is 16.7. The van der Waals surface area contributed by atoms with Crippen molar-refractivity contribution in [1.82, 2.24) is 4.90 Å². The molecule has 5 nitrogen and oxygen atoms in total. The van der Waals surface area contributed by atoms with Gasteiger partial charge in [-0.3, -0.25) is 4.90 Å². The van der Waals surface area contributed by atoms with Crippen molar-refractivity contribution in [2.24, 2.45) is 11.3 Å². The largest absolute Gasteiger partial charge is 0.496 e. The van der Waals surface area contributed by atoms with E-state index in [1.54, 1.807) is 14.2 Å². The first-order valence-corrected chi connectivity index (χ1v) is 8.26. The lowest BCUT2D eigenvalue weighted by Crippen LogP contribution is -2.41. The van der Waals surface area contributed by atoms with Crippen molar-refractivity contribution in [3.05, 3.63) is 29.3 Å². The highest BCUT2D eigenvalue weighted by atomic mass is 16.5. The molecular weight excluding hydrogens is 294 g/mol. The fourth-order valence-corrected chi connectivity index (χ4v) is 3.99. The van der Waals surface area contributed by atoms with E-state index in [0.29, 0.717) is 12.5 Å². The molecular formula is C18H27NO4. The van der Waals surface area contributed by atoms with E-state index in [9.17, 15) is 5.11 Å². The third-order valence-electron chi connectivity index (χ3n) is 5.31. The van der Waals surface area contributed by atoms with E-state index >= 15 is 0 Å². The molecule has 2 saturated heterocycles. The molecule has 0 radical (unpaired) electrons. The molecule has 5 heteroatoms. The minimum Gasteiger partial charge on any atom is -0.496 e. The zero-order chi connectivity index (χ0) is 16.3. The summed E-state index contributed by atoms with van der Waals surface area (Å²) in [4.78, 5) is 2.44. The number of hydrogen-bond donors (Lipinski definition) is 1. The van der Waals surface area contributed by atoms with Crippen LogP contribution in [0.25, 0.3) is 0 Å². The monoisotopic (exact) mass is 321 g/mol. The second-order valence-electron chi connectivity index (χ2n) is 6.79. The molecule has 0 amide bonds. The number of aliphatic hydroxyl groups is 1. The molecule has 1 aromatic rings. The second kappa shape index (κ2) is 7.18. The van der Waals surface area contributed by atoms with Gasteiger partial charge in [0.1, 0.15) is 5.75 Å². The number of ether oxygens (including phenoxy) is 3. The Labute approximate surface area is 138 Å². The highest BCUT2D eigenvalue weighted by Gasteiger charge is 2.47. The van der Waals surface area contributed by atoms with Crippen LogP contribution < -0.4 is 4.74 Å². The Kier molecular flexibility index (Phi) is 5.21. The maximum absolute atomic E-state index is 9.90. The Hall–Kier alpha value is -1.14. The van der Waals surface area contributed by atoms with Crippen molar-refractivity contribution in [1.29, 1.82) is 0 Å². The first-order chi connectivity index (χ1) is 11.2. The van der Waals surface area contributed by atoms with Crippen LogP contribution in [0.1, 0.15) is 17.5 Å². The van der Waals surface area contributed by atoms with Crippen LogP contribution in [-0.2, 0) is 22.6 Å². The third kappa shape index (κ3) is 3.38. The summed E-state index contributed by atoms with van der Waals surface area (Å²) in [7, 11) is 3.38. The fourth-order valence-electron chi connectivity index (χ4n) is 3.99. The molecule has 1 N–H and O–H groups in total. The van der Waals surface area contributed by atoms with E-state index in [2.05, 4.69) is 17.0 Å². The van der Waals surface area contributed by atoms with Gasteiger partial charge in [-0.1, -0.05) is 6.07 Å². The van der Waals surface area contributed by atoms with Crippen LogP contribution in [0.3, 0.4) is 0 Å².